The molecule has 9 atom stereocenters. The van der Waals surface area contributed by atoms with Gasteiger partial charge in [0.2, 0.25) is 36.0 Å². The van der Waals surface area contributed by atoms with Gasteiger partial charge in [0.15, 0.2) is 13.2 Å². The van der Waals surface area contributed by atoms with Gasteiger partial charge in [0.05, 0.1) is 63.7 Å². The number of carbonyl (C=O) groups excluding carboxylic acids is 3. The van der Waals surface area contributed by atoms with Gasteiger partial charge in [0.25, 0.3) is 6.47 Å². The minimum absolute atomic E-state index is 0. The fraction of sp³-hybridized carbons (Fsp3) is 0.400. The second kappa shape index (κ2) is 49.6. The first-order chi connectivity index (χ1) is 50.0. The van der Waals surface area contributed by atoms with Crippen LogP contribution >= 0.6 is 11.1 Å². The monoisotopic (exact) mass is 1670 g/mol. The quantitative estimate of drug-likeness (QED) is 0.0224. The van der Waals surface area contributed by atoms with E-state index in [4.69, 9.17) is 26.2 Å². The number of amides is 1. The van der Waals surface area contributed by atoms with Gasteiger partial charge in [-0.15, -0.1) is 0 Å². The molecule has 20 nitrogen and oxygen atoms in total. The second-order valence-corrected chi connectivity index (χ2v) is 41.5. The van der Waals surface area contributed by atoms with E-state index in [1.807, 2.05) is 181 Å². The average molecular weight is 1670 g/mol. The van der Waals surface area contributed by atoms with Crippen LogP contribution in [0, 0.1) is 32.1 Å². The summed E-state index contributed by atoms with van der Waals surface area (Å²) in [7, 11) is -11.0. The van der Waals surface area contributed by atoms with Crippen LogP contribution in [0.2, 0.25) is 18.1 Å². The molecular formula is C85H120BClN5Na2O15S3Si. The molecule has 5 fully saturated rings. The number of benzene rings is 8. The van der Waals surface area contributed by atoms with Crippen LogP contribution in [0.25, 0.3) is 0 Å². The first kappa shape index (κ1) is 109. The normalized spacial score (nSPS) is 19.9. The Morgan fingerprint density at radius 1 is 0.531 bits per heavy atom. The molecule has 0 spiro atoms. The smallest absolute Gasteiger partial charge is 1.00 e. The number of aryl methyl sites for hydroxylation is 3. The molecule has 28 heteroatoms. The Labute approximate surface area is 729 Å². The molecule has 5 heterocycles. The third kappa shape index (κ3) is 28.9. The minimum Gasteiger partial charge on any atom is -1.00 e. The number of aliphatic hydroxyl groups is 4. The zero-order chi connectivity index (χ0) is 78.5. The second-order valence-electron chi connectivity index (χ2n) is 28.6. The van der Waals surface area contributed by atoms with Gasteiger partial charge in [-0.2, -0.15) is 24.0 Å². The van der Waals surface area contributed by atoms with Crippen molar-refractivity contribution >= 4 is 75.1 Å². The standard InChI is InChI=1S/C17H19NO2S.C16H17NO3S.C16H15NO3S.C15H21NO2.C9H11NO.C6H15ClSi.CH2O3.CH4O.4CH4.B.2Na.H/c1-13-8-10-16(11-9-13)21(19,20)18-12-14(2)17(18)15-6-4-3-5-7-15;2*1-12-7-9-14(10-8-12)21(19,20)17-11-15(18)16(17)13-5-3-2-4-6-13;1-4-15(2,3)14(18)16-10-12(17)13(16)11-8-6-5-7-9-11;11-8-6-10-9(8)7-4-2-1-3-5-7;1-6(2,3)8(4,5)7;2-1-4-3;1-2;;;;;;;;/h3-11,14,17H,12H2,1-2H3;2-10,15-16,18H,11H2,1H3;2-10,16H,11H2,1H3;5-9,12-13,17H,4,10H2,1-3H3;1-5,8-11H,6H2;1-5H3;1,3H;2H,1H3;4*1H4;;;;/q;;;;;;;;;;;;;2*+1;-1/p-1/t14?,17-;15?,16-;16-;12?,13-;8?,9-;;;;;;;;;;;/m01111.........../s1. The van der Waals surface area contributed by atoms with E-state index in [0.29, 0.717) is 34.5 Å². The summed E-state index contributed by atoms with van der Waals surface area (Å²) in [6.45, 7) is 26.4. The zero-order valence-electron chi connectivity index (χ0n) is 66.1. The molecule has 0 aliphatic carbocycles. The van der Waals surface area contributed by atoms with Crippen LogP contribution in [-0.4, -0.2) is 156 Å². The Hall–Kier alpha value is -5.57. The van der Waals surface area contributed by atoms with Gasteiger partial charge in [0.1, 0.15) is 6.04 Å². The van der Waals surface area contributed by atoms with E-state index in [9.17, 15) is 50.2 Å². The number of likely N-dealkylation sites (tertiary alicyclic amines) is 1. The molecule has 113 heavy (non-hydrogen) atoms. The number of sulfonamides is 3. The number of hydrogen-bond acceptors (Lipinski definition) is 16. The molecule has 8 aromatic carbocycles. The third-order valence-corrected chi connectivity index (χ3v) is 30.2. The molecule has 609 valence electrons. The van der Waals surface area contributed by atoms with Crippen molar-refractivity contribution in [2.45, 2.75) is 187 Å². The van der Waals surface area contributed by atoms with E-state index in [2.05, 4.69) is 51.0 Å². The Morgan fingerprint density at radius 2 is 0.832 bits per heavy atom. The maximum absolute atomic E-state index is 12.8. The number of carbonyl (C=O) groups is 3. The minimum atomic E-state index is -3.64. The Bertz CT molecular complexity index is 4290. The molecule has 8 aromatic rings. The predicted octanol–water partition coefficient (Wildman–Crippen LogP) is 8.40. The fourth-order valence-corrected chi connectivity index (χ4v) is 16.6. The Morgan fingerprint density at radius 3 is 1.11 bits per heavy atom. The summed E-state index contributed by atoms with van der Waals surface area (Å²) >= 11 is 6.15. The molecule has 5 saturated heterocycles. The van der Waals surface area contributed by atoms with Crippen molar-refractivity contribution in [3.63, 3.8) is 0 Å². The summed E-state index contributed by atoms with van der Waals surface area (Å²) < 4.78 is 80.4. The van der Waals surface area contributed by atoms with E-state index < -0.39 is 61.7 Å². The van der Waals surface area contributed by atoms with Crippen molar-refractivity contribution in [3.8, 4) is 0 Å². The van der Waals surface area contributed by atoms with Gasteiger partial charge in [-0.05, 0) is 102 Å². The predicted molar refractivity (Wildman–Crippen MR) is 449 cm³/mol. The molecule has 0 aromatic heterocycles. The maximum Gasteiger partial charge on any atom is 1.00 e. The summed E-state index contributed by atoms with van der Waals surface area (Å²) in [5.41, 5.74) is 7.48. The molecule has 5 aliphatic rings. The first-order valence-electron chi connectivity index (χ1n) is 35.0. The van der Waals surface area contributed by atoms with E-state index in [1.54, 1.807) is 94.1 Å². The van der Waals surface area contributed by atoms with Gasteiger partial charge in [-0.25, -0.2) is 25.3 Å². The van der Waals surface area contributed by atoms with Crippen molar-refractivity contribution in [3.05, 3.63) is 269 Å². The van der Waals surface area contributed by atoms with Crippen molar-refractivity contribution < 1.29 is 131 Å². The van der Waals surface area contributed by atoms with Crippen LogP contribution in [0.5, 0.6) is 0 Å². The SMILES string of the molecule is C.C.C.C.CC(C)(C)[Si](C)(C)Cl.CCC(C)(C)C(=O)N1CC(O)[C@H]1c1ccccc1.CO.Cc1ccc(S(=O)(=O)N2CC(=O)[C@H]2c2ccccc2)cc1.Cc1ccc(S(=O)(=O)N2CC(C)[C@H]2c2ccccc2)cc1.Cc1ccc(S(=O)(=O)N2CC(O)[C@H]2c2ccccc2)cc1.O=CO[O-].OC1CN[C@@H]1c1ccccc1.[B].[H-].[Na+].[Na+]. The number of hydrogen-bond donors (Lipinski definition) is 5. The zero-order valence-corrected chi connectivity index (χ0v) is 73.3. The van der Waals surface area contributed by atoms with Gasteiger partial charge in [-0.3, -0.25) is 14.4 Å². The van der Waals surface area contributed by atoms with Gasteiger partial charge < -0.3 is 42.2 Å². The number of nitrogens with one attached hydrogen (secondary N) is 1. The number of ketones is 1. The van der Waals surface area contributed by atoms with Gasteiger partial charge in [0, 0.05) is 47.1 Å². The van der Waals surface area contributed by atoms with Crippen LogP contribution in [0.4, 0.5) is 0 Å². The van der Waals surface area contributed by atoms with Crippen molar-refractivity contribution in [2.24, 2.45) is 11.3 Å². The molecule has 3 radical (unpaired) electrons. The number of halogens is 1. The van der Waals surface area contributed by atoms with Crippen molar-refractivity contribution in [1.29, 1.82) is 0 Å². The molecule has 5 N–H and O–H groups in total. The van der Waals surface area contributed by atoms with Crippen LogP contribution in [0.3, 0.4) is 0 Å². The first-order valence-corrected chi connectivity index (χ1v) is 43.3. The molecule has 4 unspecified atom stereocenters. The number of β-amino-alcohol motifs (C(OH)–C–C–N with tert-alkyl or cyclic N) is 3. The van der Waals surface area contributed by atoms with Crippen LogP contribution in [0.15, 0.2) is 239 Å². The summed E-state index contributed by atoms with van der Waals surface area (Å²) in [6, 6.07) is 67.1. The van der Waals surface area contributed by atoms with Crippen LogP contribution in [0.1, 0.15) is 161 Å². The number of Topliss-reactive ketones (excluding diaryl/α,β-unsaturated/α-hetero) is 1. The van der Waals surface area contributed by atoms with E-state index in [1.165, 1.54) is 14.2 Å². The average Bonchev–Trinajstić information content (AvgIpc) is 0.763. The van der Waals surface area contributed by atoms with E-state index in [0.717, 1.165) is 53.5 Å². The van der Waals surface area contributed by atoms with Gasteiger partial charge >= 0.3 is 59.1 Å². The number of nitrogens with zero attached hydrogens (tertiary/aromatic N) is 4. The maximum atomic E-state index is 12.8. The van der Waals surface area contributed by atoms with E-state index >= 15 is 0 Å². The van der Waals surface area contributed by atoms with Crippen LogP contribution < -0.4 is 69.7 Å². The number of aliphatic hydroxyl groups excluding tert-OH is 4. The molecule has 13 rings (SSSR count). The summed E-state index contributed by atoms with van der Waals surface area (Å²) in [5, 5.41) is 48.1. The number of rotatable bonds is 14. The third-order valence-electron chi connectivity index (χ3n) is 19.4. The Balaban J connectivity index is -0.00000129. The fourth-order valence-electron chi connectivity index (χ4n) is 11.5. The molecule has 0 saturated carbocycles. The van der Waals surface area contributed by atoms with E-state index in [-0.39, 0.29) is 169 Å². The topological polar surface area (TPSA) is 292 Å². The molecule has 5 aliphatic heterocycles. The largest absolute Gasteiger partial charge is 1.00 e. The van der Waals surface area contributed by atoms with Crippen molar-refractivity contribution in [2.75, 3.05) is 39.8 Å². The van der Waals surface area contributed by atoms with Crippen molar-refractivity contribution in [1.82, 2.24) is 23.1 Å². The Kier molecular flexibility index (Phi) is 48.1. The molecule has 1 amide bonds. The van der Waals surface area contributed by atoms with Crippen LogP contribution in [-0.2, 0) is 49.3 Å². The molecule has 0 bridgehead atoms. The van der Waals surface area contributed by atoms with Gasteiger partial charge in [-0.1, -0.05) is 296 Å². The summed E-state index contributed by atoms with van der Waals surface area (Å²) in [6.07, 6.45) is -0.492. The molecular weight excluding hydrogens is 1550 g/mol. The summed E-state index contributed by atoms with van der Waals surface area (Å²) in [5.74, 6) is 0.397. The summed E-state index contributed by atoms with van der Waals surface area (Å²) in [4.78, 5) is 38.2.